The van der Waals surface area contributed by atoms with E-state index in [0.29, 0.717) is 0 Å². The SMILES string of the molecule is CCCc1nc2c(C)cc(-c3nc4ccccc4n3C)cc2n1Cc1ccc(N)cc1. The van der Waals surface area contributed by atoms with Crippen LogP contribution >= 0.6 is 0 Å². The zero-order valence-electron chi connectivity index (χ0n) is 18.3. The predicted octanol–water partition coefficient (Wildman–Crippen LogP) is 5.48. The Hall–Kier alpha value is -3.60. The van der Waals surface area contributed by atoms with Crippen LogP contribution in [0.1, 0.15) is 30.3 Å². The molecule has 5 heteroatoms. The molecule has 0 saturated heterocycles. The van der Waals surface area contributed by atoms with Crippen molar-refractivity contribution in [2.75, 3.05) is 5.73 Å². The zero-order chi connectivity index (χ0) is 21.5. The largest absolute Gasteiger partial charge is 0.399 e. The number of aromatic nitrogens is 4. The first-order chi connectivity index (χ1) is 15.0. The lowest BCUT2D eigenvalue weighted by molar-refractivity contribution is 0.722. The number of nitrogens with zero attached hydrogens (tertiary/aromatic N) is 4. The molecule has 31 heavy (non-hydrogen) atoms. The first-order valence-electron chi connectivity index (χ1n) is 10.8. The molecule has 0 atom stereocenters. The summed E-state index contributed by atoms with van der Waals surface area (Å²) >= 11 is 0. The molecule has 5 nitrogen and oxygen atoms in total. The number of nitrogens with two attached hydrogens (primary N) is 1. The Morgan fingerprint density at radius 2 is 1.71 bits per heavy atom. The molecule has 0 aliphatic carbocycles. The number of aryl methyl sites for hydroxylation is 3. The van der Waals surface area contributed by atoms with E-state index in [1.165, 1.54) is 11.1 Å². The summed E-state index contributed by atoms with van der Waals surface area (Å²) in [6.45, 7) is 5.12. The summed E-state index contributed by atoms with van der Waals surface area (Å²) in [5.41, 5.74) is 14.6. The average molecular weight is 410 g/mol. The monoisotopic (exact) mass is 409 g/mol. The van der Waals surface area contributed by atoms with Crippen molar-refractivity contribution in [1.29, 1.82) is 0 Å². The molecule has 0 aliphatic heterocycles. The van der Waals surface area contributed by atoms with Gasteiger partial charge in [0.2, 0.25) is 0 Å². The second-order valence-corrected chi connectivity index (χ2v) is 8.25. The van der Waals surface area contributed by atoms with Crippen molar-refractivity contribution in [2.45, 2.75) is 33.2 Å². The third kappa shape index (κ3) is 3.36. The number of nitrogen functional groups attached to an aromatic ring is 1. The van der Waals surface area contributed by atoms with Crippen molar-refractivity contribution in [1.82, 2.24) is 19.1 Å². The number of hydrogen-bond donors (Lipinski definition) is 1. The summed E-state index contributed by atoms with van der Waals surface area (Å²) in [6, 6.07) is 20.8. The molecule has 156 valence electrons. The quantitative estimate of drug-likeness (QED) is 0.391. The van der Waals surface area contributed by atoms with E-state index in [1.54, 1.807) is 0 Å². The van der Waals surface area contributed by atoms with Gasteiger partial charge in [-0.3, -0.25) is 0 Å². The molecule has 0 bridgehead atoms. The third-order valence-electron chi connectivity index (χ3n) is 5.96. The molecule has 0 saturated carbocycles. The van der Waals surface area contributed by atoms with Crippen LogP contribution in [-0.4, -0.2) is 19.1 Å². The topological polar surface area (TPSA) is 61.7 Å². The number of anilines is 1. The average Bonchev–Trinajstić information content (AvgIpc) is 3.29. The van der Waals surface area contributed by atoms with E-state index in [0.717, 1.165) is 64.4 Å². The minimum absolute atomic E-state index is 0.775. The van der Waals surface area contributed by atoms with E-state index in [2.05, 4.69) is 72.5 Å². The van der Waals surface area contributed by atoms with Gasteiger partial charge in [0.05, 0.1) is 22.1 Å². The minimum atomic E-state index is 0.775. The molecule has 0 unspecified atom stereocenters. The number of imidazole rings is 2. The van der Waals surface area contributed by atoms with Gasteiger partial charge in [0.25, 0.3) is 0 Å². The van der Waals surface area contributed by atoms with Crippen LogP contribution in [0.15, 0.2) is 60.7 Å². The molecule has 0 radical (unpaired) electrons. The van der Waals surface area contributed by atoms with Crippen LogP contribution in [-0.2, 0) is 20.0 Å². The fourth-order valence-corrected chi connectivity index (χ4v) is 4.37. The van der Waals surface area contributed by atoms with Gasteiger partial charge in [-0.15, -0.1) is 0 Å². The normalized spacial score (nSPS) is 11.6. The maximum atomic E-state index is 5.89. The number of rotatable bonds is 5. The van der Waals surface area contributed by atoms with Gasteiger partial charge in [-0.1, -0.05) is 31.2 Å². The van der Waals surface area contributed by atoms with Crippen LogP contribution in [0.2, 0.25) is 0 Å². The number of benzene rings is 3. The Morgan fingerprint density at radius 1 is 0.935 bits per heavy atom. The summed E-state index contributed by atoms with van der Waals surface area (Å²) in [5.74, 6) is 2.10. The fraction of sp³-hybridized carbons (Fsp3) is 0.231. The lowest BCUT2D eigenvalue weighted by Gasteiger charge is -2.11. The van der Waals surface area contributed by atoms with E-state index < -0.39 is 0 Å². The van der Waals surface area contributed by atoms with Crippen molar-refractivity contribution in [3.63, 3.8) is 0 Å². The van der Waals surface area contributed by atoms with E-state index in [4.69, 9.17) is 15.7 Å². The third-order valence-corrected chi connectivity index (χ3v) is 5.96. The highest BCUT2D eigenvalue weighted by Crippen LogP contribution is 2.30. The van der Waals surface area contributed by atoms with Gasteiger partial charge in [-0.2, -0.15) is 0 Å². The Balaban J connectivity index is 1.69. The highest BCUT2D eigenvalue weighted by Gasteiger charge is 2.17. The van der Waals surface area contributed by atoms with E-state index >= 15 is 0 Å². The molecule has 5 aromatic rings. The number of fused-ring (bicyclic) bond motifs is 2. The number of para-hydroxylation sites is 2. The molecule has 0 fully saturated rings. The van der Waals surface area contributed by atoms with Gasteiger partial charge in [-0.05, 0) is 60.9 Å². The molecule has 0 amide bonds. The summed E-state index contributed by atoms with van der Waals surface area (Å²) in [5, 5.41) is 0. The van der Waals surface area contributed by atoms with Crippen molar-refractivity contribution in [3.05, 3.63) is 77.6 Å². The maximum Gasteiger partial charge on any atom is 0.140 e. The molecular weight excluding hydrogens is 382 g/mol. The van der Waals surface area contributed by atoms with Crippen molar-refractivity contribution in [3.8, 4) is 11.4 Å². The van der Waals surface area contributed by atoms with Crippen molar-refractivity contribution in [2.24, 2.45) is 7.05 Å². The van der Waals surface area contributed by atoms with E-state index in [-0.39, 0.29) is 0 Å². The van der Waals surface area contributed by atoms with Crippen molar-refractivity contribution >= 4 is 27.8 Å². The Labute approximate surface area is 182 Å². The molecular formula is C26H27N5. The van der Waals surface area contributed by atoms with Gasteiger partial charge in [0.15, 0.2) is 0 Å². The first-order valence-corrected chi connectivity index (χ1v) is 10.8. The standard InChI is InChI=1S/C26H27N5/c1-4-7-24-29-25-17(2)14-19(26-28-21-8-5-6-9-22(21)30(26)3)15-23(25)31(24)16-18-10-12-20(27)13-11-18/h5-6,8-15H,4,7,16,27H2,1-3H3. The Kier molecular flexibility index (Phi) is 4.74. The van der Waals surface area contributed by atoms with Gasteiger partial charge < -0.3 is 14.9 Å². The summed E-state index contributed by atoms with van der Waals surface area (Å²) in [6.07, 6.45) is 2.01. The van der Waals surface area contributed by atoms with Crippen molar-refractivity contribution < 1.29 is 0 Å². The lowest BCUT2D eigenvalue weighted by Crippen LogP contribution is -2.05. The second-order valence-electron chi connectivity index (χ2n) is 8.25. The molecule has 0 spiro atoms. The van der Waals surface area contributed by atoms with Crippen LogP contribution in [0.3, 0.4) is 0 Å². The minimum Gasteiger partial charge on any atom is -0.399 e. The van der Waals surface area contributed by atoms with Crippen LogP contribution in [0.5, 0.6) is 0 Å². The van der Waals surface area contributed by atoms with Gasteiger partial charge in [-0.25, -0.2) is 9.97 Å². The summed E-state index contributed by atoms with van der Waals surface area (Å²) in [4.78, 5) is 9.94. The lowest BCUT2D eigenvalue weighted by atomic mass is 10.1. The highest BCUT2D eigenvalue weighted by molar-refractivity contribution is 5.87. The highest BCUT2D eigenvalue weighted by atomic mass is 15.1. The van der Waals surface area contributed by atoms with Gasteiger partial charge in [0.1, 0.15) is 11.6 Å². The van der Waals surface area contributed by atoms with Crippen LogP contribution in [0.4, 0.5) is 5.69 Å². The van der Waals surface area contributed by atoms with Gasteiger partial charge >= 0.3 is 0 Å². The van der Waals surface area contributed by atoms with Crippen LogP contribution in [0, 0.1) is 6.92 Å². The second kappa shape index (κ2) is 7.58. The molecule has 2 aromatic heterocycles. The molecule has 3 aromatic carbocycles. The Bertz CT molecular complexity index is 1390. The fourth-order valence-electron chi connectivity index (χ4n) is 4.37. The molecule has 2 heterocycles. The molecule has 5 rings (SSSR count). The first kappa shape index (κ1) is 19.4. The van der Waals surface area contributed by atoms with Gasteiger partial charge in [0, 0.05) is 31.3 Å². The van der Waals surface area contributed by atoms with E-state index in [1.807, 2.05) is 18.2 Å². The van der Waals surface area contributed by atoms with E-state index in [9.17, 15) is 0 Å². The summed E-state index contributed by atoms with van der Waals surface area (Å²) < 4.78 is 4.52. The zero-order valence-corrected chi connectivity index (χ0v) is 18.3. The molecule has 0 aliphatic rings. The Morgan fingerprint density at radius 3 is 2.45 bits per heavy atom. The summed E-state index contributed by atoms with van der Waals surface area (Å²) in [7, 11) is 2.08. The van der Waals surface area contributed by atoms with Crippen LogP contribution < -0.4 is 5.73 Å². The number of hydrogen-bond acceptors (Lipinski definition) is 3. The smallest absolute Gasteiger partial charge is 0.140 e. The van der Waals surface area contributed by atoms with Crippen LogP contribution in [0.25, 0.3) is 33.5 Å². The molecule has 2 N–H and O–H groups in total. The predicted molar refractivity (Wildman–Crippen MR) is 128 cm³/mol. The maximum absolute atomic E-state index is 5.89.